The first-order valence-corrected chi connectivity index (χ1v) is 8.33. The van der Waals surface area contributed by atoms with Crippen LogP contribution < -0.4 is 5.32 Å². The van der Waals surface area contributed by atoms with Gasteiger partial charge in [0.15, 0.2) is 0 Å². The van der Waals surface area contributed by atoms with E-state index >= 15 is 0 Å². The van der Waals surface area contributed by atoms with Crippen LogP contribution in [0.3, 0.4) is 0 Å². The van der Waals surface area contributed by atoms with Crippen molar-refractivity contribution in [3.8, 4) is 10.8 Å². The van der Waals surface area contributed by atoms with Crippen molar-refractivity contribution in [2.24, 2.45) is 5.92 Å². The average molecular weight is 336 g/mol. The highest BCUT2D eigenvalue weighted by atomic mass is 32.1. The van der Waals surface area contributed by atoms with Crippen molar-refractivity contribution in [3.63, 3.8) is 0 Å². The molecule has 0 spiro atoms. The summed E-state index contributed by atoms with van der Waals surface area (Å²) in [6.45, 7) is 3.98. The van der Waals surface area contributed by atoms with Crippen molar-refractivity contribution >= 4 is 23.2 Å². The molecule has 0 atom stereocenters. The minimum Gasteiger partial charge on any atom is -0.458 e. The number of rotatable bonds is 8. The molecule has 2 rings (SSSR count). The summed E-state index contributed by atoms with van der Waals surface area (Å²) in [5, 5.41) is 4.48. The summed E-state index contributed by atoms with van der Waals surface area (Å²) in [5.74, 6) is 0.325. The van der Waals surface area contributed by atoms with Gasteiger partial charge in [0, 0.05) is 6.42 Å². The van der Waals surface area contributed by atoms with Crippen LogP contribution in [-0.4, -0.2) is 23.4 Å². The van der Waals surface area contributed by atoms with Gasteiger partial charge in [0.05, 0.1) is 4.88 Å². The molecular weight excluding hydrogens is 316 g/mol. The van der Waals surface area contributed by atoms with E-state index in [0.717, 1.165) is 11.3 Å². The van der Waals surface area contributed by atoms with E-state index in [-0.39, 0.29) is 19.1 Å². The average Bonchev–Trinajstić information content (AvgIpc) is 3.19. The molecule has 0 fully saturated rings. The van der Waals surface area contributed by atoms with E-state index < -0.39 is 5.97 Å². The number of carbonyl (C=O) groups excluding carboxylic acids is 2. The smallest absolute Gasteiger partial charge is 0.325 e. The third-order valence-electron chi connectivity index (χ3n) is 3.04. The molecule has 0 unspecified atom stereocenters. The van der Waals surface area contributed by atoms with Gasteiger partial charge in [-0.3, -0.25) is 9.59 Å². The molecule has 0 radical (unpaired) electrons. The van der Waals surface area contributed by atoms with E-state index in [1.165, 1.54) is 17.6 Å². The van der Waals surface area contributed by atoms with E-state index in [1.807, 2.05) is 31.4 Å². The molecule has 2 aromatic rings. The number of amides is 1. The molecule has 7 heteroatoms. The van der Waals surface area contributed by atoms with Crippen molar-refractivity contribution in [3.05, 3.63) is 29.5 Å². The number of aromatic nitrogens is 1. The van der Waals surface area contributed by atoms with E-state index in [4.69, 9.17) is 9.15 Å². The summed E-state index contributed by atoms with van der Waals surface area (Å²) in [5.41, 5.74) is 0.535. The number of thiophene rings is 1. The summed E-state index contributed by atoms with van der Waals surface area (Å²) < 4.78 is 10.4. The zero-order valence-corrected chi connectivity index (χ0v) is 14.0. The molecule has 1 N–H and O–H groups in total. The standard InChI is InChI=1S/C16H20N2O4S/c1-11(2)5-6-14(19)17-8-15(20)21-9-12-10-22-16(18-12)13-4-3-7-23-13/h3-4,7,10-11H,5-6,8-9H2,1-2H3,(H,17,19). The molecule has 0 aliphatic rings. The molecule has 2 aromatic heterocycles. The van der Waals surface area contributed by atoms with E-state index in [0.29, 0.717) is 23.9 Å². The summed E-state index contributed by atoms with van der Waals surface area (Å²) in [4.78, 5) is 28.3. The van der Waals surface area contributed by atoms with E-state index in [9.17, 15) is 9.59 Å². The second-order valence-corrected chi connectivity index (χ2v) is 6.44. The van der Waals surface area contributed by atoms with Crippen LogP contribution in [0.4, 0.5) is 0 Å². The third kappa shape index (κ3) is 5.86. The number of nitrogens with zero attached hydrogens (tertiary/aromatic N) is 1. The van der Waals surface area contributed by atoms with Gasteiger partial charge in [0.1, 0.15) is 25.1 Å². The summed E-state index contributed by atoms with van der Waals surface area (Å²) >= 11 is 1.52. The first kappa shape index (κ1) is 17.2. The fraction of sp³-hybridized carbons (Fsp3) is 0.438. The fourth-order valence-electron chi connectivity index (χ4n) is 1.77. The number of carbonyl (C=O) groups is 2. The molecule has 0 aliphatic carbocycles. The van der Waals surface area contributed by atoms with Gasteiger partial charge < -0.3 is 14.5 Å². The van der Waals surface area contributed by atoms with Gasteiger partial charge in [-0.2, -0.15) is 0 Å². The fourth-order valence-corrected chi connectivity index (χ4v) is 2.43. The van der Waals surface area contributed by atoms with Gasteiger partial charge >= 0.3 is 5.97 Å². The highest BCUT2D eigenvalue weighted by Gasteiger charge is 2.11. The predicted molar refractivity (Wildman–Crippen MR) is 86.7 cm³/mol. The Morgan fingerprint density at radius 2 is 2.26 bits per heavy atom. The maximum atomic E-state index is 11.6. The van der Waals surface area contributed by atoms with Gasteiger partial charge in [-0.1, -0.05) is 19.9 Å². The van der Waals surface area contributed by atoms with Crippen molar-refractivity contribution < 1.29 is 18.7 Å². The quantitative estimate of drug-likeness (QED) is 0.749. The van der Waals surface area contributed by atoms with Crippen LogP contribution >= 0.6 is 11.3 Å². The van der Waals surface area contributed by atoms with Crippen LogP contribution in [-0.2, 0) is 20.9 Å². The molecule has 0 saturated heterocycles. The van der Waals surface area contributed by atoms with Crippen LogP contribution in [0.5, 0.6) is 0 Å². The molecule has 6 nitrogen and oxygen atoms in total. The van der Waals surface area contributed by atoms with Crippen LogP contribution in [0.1, 0.15) is 32.4 Å². The Hall–Kier alpha value is -2.15. The highest BCUT2D eigenvalue weighted by Crippen LogP contribution is 2.23. The van der Waals surface area contributed by atoms with Gasteiger partial charge in [-0.25, -0.2) is 4.98 Å². The van der Waals surface area contributed by atoms with Crippen molar-refractivity contribution in [2.75, 3.05) is 6.54 Å². The second-order valence-electron chi connectivity index (χ2n) is 5.49. The van der Waals surface area contributed by atoms with Gasteiger partial charge in [-0.05, 0) is 23.8 Å². The van der Waals surface area contributed by atoms with Crippen molar-refractivity contribution in [1.82, 2.24) is 10.3 Å². The lowest BCUT2D eigenvalue weighted by molar-refractivity contribution is -0.145. The molecule has 124 valence electrons. The minimum absolute atomic E-state index is 0.0234. The Balaban J connectivity index is 1.69. The van der Waals surface area contributed by atoms with Crippen LogP contribution in [0.25, 0.3) is 10.8 Å². The number of esters is 1. The van der Waals surface area contributed by atoms with Gasteiger partial charge in [-0.15, -0.1) is 11.3 Å². The Morgan fingerprint density at radius 1 is 1.43 bits per heavy atom. The van der Waals surface area contributed by atoms with Crippen LogP contribution in [0.15, 0.2) is 28.2 Å². The third-order valence-corrected chi connectivity index (χ3v) is 3.90. The predicted octanol–water partition coefficient (Wildman–Crippen LogP) is 3.00. The number of ether oxygens (including phenoxy) is 1. The van der Waals surface area contributed by atoms with Gasteiger partial charge in [0.2, 0.25) is 11.8 Å². The summed E-state index contributed by atoms with van der Waals surface area (Å²) in [6, 6.07) is 3.81. The molecular formula is C16H20N2O4S. The number of hydrogen-bond acceptors (Lipinski definition) is 6. The molecule has 0 bridgehead atoms. The molecule has 1 amide bonds. The van der Waals surface area contributed by atoms with Crippen molar-refractivity contribution in [2.45, 2.75) is 33.3 Å². The molecule has 0 saturated carbocycles. The summed E-state index contributed by atoms with van der Waals surface area (Å²) in [7, 11) is 0. The first-order valence-electron chi connectivity index (χ1n) is 7.45. The number of hydrogen-bond donors (Lipinski definition) is 1. The monoisotopic (exact) mass is 336 g/mol. The molecule has 0 aliphatic heterocycles. The minimum atomic E-state index is -0.497. The Labute approximate surface area is 138 Å². The topological polar surface area (TPSA) is 81.4 Å². The van der Waals surface area contributed by atoms with Crippen LogP contribution in [0.2, 0.25) is 0 Å². The van der Waals surface area contributed by atoms with Crippen molar-refractivity contribution in [1.29, 1.82) is 0 Å². The number of oxazole rings is 1. The van der Waals surface area contributed by atoms with Gasteiger partial charge in [0.25, 0.3) is 0 Å². The maximum Gasteiger partial charge on any atom is 0.325 e. The maximum absolute atomic E-state index is 11.6. The van der Waals surface area contributed by atoms with E-state index in [2.05, 4.69) is 10.3 Å². The Kier molecular flexibility index (Phi) is 6.34. The normalized spacial score (nSPS) is 10.7. The summed E-state index contributed by atoms with van der Waals surface area (Å²) in [6.07, 6.45) is 2.67. The molecule has 23 heavy (non-hydrogen) atoms. The lowest BCUT2D eigenvalue weighted by Gasteiger charge is -2.06. The van der Waals surface area contributed by atoms with E-state index in [1.54, 1.807) is 0 Å². The molecule has 0 aromatic carbocycles. The largest absolute Gasteiger partial charge is 0.458 e. The Bertz CT molecular complexity index is 634. The Morgan fingerprint density at radius 3 is 2.96 bits per heavy atom. The lowest BCUT2D eigenvalue weighted by Crippen LogP contribution is -2.30. The highest BCUT2D eigenvalue weighted by molar-refractivity contribution is 7.13. The first-order chi connectivity index (χ1) is 11.0. The van der Waals surface area contributed by atoms with Crippen LogP contribution in [0, 0.1) is 5.92 Å². The lowest BCUT2D eigenvalue weighted by atomic mass is 10.1. The zero-order chi connectivity index (χ0) is 16.7. The SMILES string of the molecule is CC(C)CCC(=O)NCC(=O)OCc1coc(-c2cccs2)n1. The molecule has 2 heterocycles. The zero-order valence-electron chi connectivity index (χ0n) is 13.2. The second kappa shape index (κ2) is 8.47. The number of nitrogens with one attached hydrogen (secondary N) is 1.